The van der Waals surface area contributed by atoms with Crippen molar-refractivity contribution in [3.63, 3.8) is 0 Å². The Labute approximate surface area is 198 Å². The lowest BCUT2D eigenvalue weighted by Crippen LogP contribution is -2.30. The first kappa shape index (κ1) is 25.3. The van der Waals surface area contributed by atoms with E-state index in [1.165, 1.54) is 57.7 Å². The van der Waals surface area contributed by atoms with Crippen LogP contribution in [0.2, 0.25) is 0 Å². The third-order valence-electron chi connectivity index (χ3n) is 4.78. The maximum Gasteiger partial charge on any atom is 0.573 e. The molecule has 0 bridgehead atoms. The van der Waals surface area contributed by atoms with Crippen molar-refractivity contribution in [3.05, 3.63) is 65.9 Å². The third-order valence-corrected chi connectivity index (χ3v) is 4.78. The Morgan fingerprint density at radius 2 is 1.49 bits per heavy atom. The van der Waals surface area contributed by atoms with Crippen molar-refractivity contribution in [3.8, 4) is 34.3 Å². The van der Waals surface area contributed by atoms with Crippen molar-refractivity contribution in [2.24, 2.45) is 0 Å². The minimum Gasteiger partial charge on any atom is -0.494 e. The second-order valence-electron chi connectivity index (χ2n) is 7.00. The van der Waals surface area contributed by atoms with Gasteiger partial charge in [-0.3, -0.25) is 9.59 Å². The number of rotatable bonds is 9. The van der Waals surface area contributed by atoms with Gasteiger partial charge in [-0.15, -0.1) is 13.2 Å². The summed E-state index contributed by atoms with van der Waals surface area (Å²) in [5.41, 5.74) is 0.938. The van der Waals surface area contributed by atoms with Gasteiger partial charge in [-0.05, 0) is 54.6 Å². The molecule has 3 aromatic rings. The van der Waals surface area contributed by atoms with Crippen LogP contribution in [0.5, 0.6) is 23.0 Å². The molecule has 184 valence electrons. The lowest BCUT2D eigenvalue weighted by molar-refractivity contribution is -0.274. The van der Waals surface area contributed by atoms with Crippen molar-refractivity contribution in [2.75, 3.05) is 27.9 Å². The number of hydrogen-bond acceptors (Lipinski definition) is 7. The van der Waals surface area contributed by atoms with E-state index in [4.69, 9.17) is 14.2 Å². The highest BCUT2D eigenvalue weighted by atomic mass is 19.4. The highest BCUT2D eigenvalue weighted by Gasteiger charge is 2.31. The van der Waals surface area contributed by atoms with E-state index in [2.05, 4.69) is 15.0 Å². The number of aromatic nitrogens is 1. The molecule has 0 saturated carbocycles. The first-order chi connectivity index (χ1) is 16.6. The second-order valence-corrected chi connectivity index (χ2v) is 7.00. The van der Waals surface area contributed by atoms with E-state index in [0.29, 0.717) is 22.8 Å². The fourth-order valence-corrected chi connectivity index (χ4v) is 3.12. The Morgan fingerprint density at radius 1 is 0.857 bits per heavy atom. The number of halogens is 3. The van der Waals surface area contributed by atoms with Crippen molar-refractivity contribution in [2.45, 2.75) is 6.36 Å². The first-order valence-electron chi connectivity index (χ1n) is 10.1. The summed E-state index contributed by atoms with van der Waals surface area (Å²) in [6.07, 6.45) is -4.81. The van der Waals surface area contributed by atoms with Gasteiger partial charge >= 0.3 is 6.36 Å². The average Bonchev–Trinajstić information content (AvgIpc) is 2.85. The molecule has 1 amide bonds. The van der Waals surface area contributed by atoms with E-state index in [1.807, 2.05) is 0 Å². The Kier molecular flexibility index (Phi) is 7.80. The van der Waals surface area contributed by atoms with Crippen LogP contribution >= 0.6 is 0 Å². The minimum absolute atomic E-state index is 0.0315. The second kappa shape index (κ2) is 10.8. The van der Waals surface area contributed by atoms with E-state index in [0.717, 1.165) is 12.1 Å². The van der Waals surface area contributed by atoms with E-state index < -0.39 is 23.8 Å². The van der Waals surface area contributed by atoms with Crippen molar-refractivity contribution in [1.82, 2.24) is 10.3 Å². The normalized spacial score (nSPS) is 10.9. The Morgan fingerprint density at radius 3 is 2.09 bits per heavy atom. The number of carbonyl (C=O) groups is 2. The maximum absolute atomic E-state index is 12.7. The number of amides is 1. The Hall–Kier alpha value is -4.28. The third kappa shape index (κ3) is 6.40. The van der Waals surface area contributed by atoms with Gasteiger partial charge in [0.05, 0.1) is 27.9 Å². The molecule has 0 spiro atoms. The van der Waals surface area contributed by atoms with Crippen molar-refractivity contribution >= 4 is 11.7 Å². The predicted molar refractivity (Wildman–Crippen MR) is 119 cm³/mol. The smallest absolute Gasteiger partial charge is 0.494 e. The molecule has 3 rings (SSSR count). The molecular formula is C24H21F3N2O6. The van der Waals surface area contributed by atoms with Crippen LogP contribution in [0.25, 0.3) is 11.3 Å². The number of carbonyl (C=O) groups excluding carboxylic acids is 2. The summed E-state index contributed by atoms with van der Waals surface area (Å²) in [5, 5.41) is 2.52. The van der Waals surface area contributed by atoms with Gasteiger partial charge in [0.2, 0.25) is 0 Å². The van der Waals surface area contributed by atoms with E-state index in [-0.39, 0.29) is 23.5 Å². The molecular weight excluding hydrogens is 469 g/mol. The largest absolute Gasteiger partial charge is 0.573 e. The van der Waals surface area contributed by atoms with Gasteiger partial charge in [0.15, 0.2) is 17.3 Å². The lowest BCUT2D eigenvalue weighted by atomic mass is 10.1. The zero-order valence-corrected chi connectivity index (χ0v) is 18.9. The lowest BCUT2D eigenvalue weighted by Gasteiger charge is -2.12. The molecule has 0 atom stereocenters. The highest BCUT2D eigenvalue weighted by molar-refractivity contribution is 6.01. The number of Topliss-reactive ketones (excluding diaryl/α,β-unsaturated/α-hetero) is 1. The van der Waals surface area contributed by atoms with Crippen LogP contribution in [0, 0.1) is 0 Å². The first-order valence-corrected chi connectivity index (χ1v) is 10.1. The molecule has 0 aliphatic heterocycles. The fourth-order valence-electron chi connectivity index (χ4n) is 3.12. The molecule has 0 radical (unpaired) electrons. The zero-order valence-electron chi connectivity index (χ0n) is 18.9. The van der Waals surface area contributed by atoms with Gasteiger partial charge < -0.3 is 24.3 Å². The number of nitrogens with zero attached hydrogens (tertiary/aromatic N) is 1. The van der Waals surface area contributed by atoms with Gasteiger partial charge in [-0.1, -0.05) is 0 Å². The molecule has 8 nitrogen and oxygen atoms in total. The molecule has 1 heterocycles. The molecule has 0 saturated heterocycles. The number of pyridine rings is 1. The van der Waals surface area contributed by atoms with Gasteiger partial charge in [-0.25, -0.2) is 4.98 Å². The summed E-state index contributed by atoms with van der Waals surface area (Å²) in [5.74, 6) is -0.272. The SMILES string of the molecule is COc1ccc(C(=O)NCC(=O)c2ccc(OC)c(-c3ccc(OC(F)(F)F)cc3)n2)cc1OC. The zero-order chi connectivity index (χ0) is 25.6. The van der Waals surface area contributed by atoms with E-state index in [1.54, 1.807) is 6.07 Å². The summed E-state index contributed by atoms with van der Waals surface area (Å²) in [6.45, 7) is -0.343. The summed E-state index contributed by atoms with van der Waals surface area (Å²) in [6, 6.07) is 12.5. The molecule has 11 heteroatoms. The van der Waals surface area contributed by atoms with Crippen molar-refractivity contribution < 1.29 is 41.7 Å². The average molecular weight is 490 g/mol. The number of alkyl halides is 3. The maximum atomic E-state index is 12.7. The molecule has 0 unspecified atom stereocenters. The van der Waals surface area contributed by atoms with Crippen LogP contribution in [-0.2, 0) is 0 Å². The fraction of sp³-hybridized carbons (Fsp3) is 0.208. The number of ketones is 1. The van der Waals surface area contributed by atoms with Gasteiger partial charge in [-0.2, -0.15) is 0 Å². The minimum atomic E-state index is -4.81. The van der Waals surface area contributed by atoms with Gasteiger partial charge in [0.1, 0.15) is 22.9 Å². The molecule has 0 fully saturated rings. The summed E-state index contributed by atoms with van der Waals surface area (Å²) >= 11 is 0. The predicted octanol–water partition coefficient (Wildman–Crippen LogP) is 4.29. The molecule has 1 aromatic heterocycles. The number of ether oxygens (including phenoxy) is 4. The van der Waals surface area contributed by atoms with E-state index in [9.17, 15) is 22.8 Å². The van der Waals surface area contributed by atoms with Gasteiger partial charge in [0.25, 0.3) is 5.91 Å². The monoisotopic (exact) mass is 490 g/mol. The van der Waals surface area contributed by atoms with Crippen LogP contribution in [0.4, 0.5) is 13.2 Å². The summed E-state index contributed by atoms with van der Waals surface area (Å²) < 4.78 is 56.6. The highest BCUT2D eigenvalue weighted by Crippen LogP contribution is 2.31. The van der Waals surface area contributed by atoms with Crippen LogP contribution in [0.1, 0.15) is 20.8 Å². The molecule has 0 aliphatic rings. The molecule has 35 heavy (non-hydrogen) atoms. The Bertz CT molecular complexity index is 1210. The molecule has 0 aliphatic carbocycles. The van der Waals surface area contributed by atoms with Crippen molar-refractivity contribution in [1.29, 1.82) is 0 Å². The van der Waals surface area contributed by atoms with Gasteiger partial charge in [0, 0.05) is 11.1 Å². The van der Waals surface area contributed by atoms with Crippen LogP contribution in [0.3, 0.4) is 0 Å². The number of hydrogen-bond donors (Lipinski definition) is 1. The quantitative estimate of drug-likeness (QED) is 0.447. The standard InChI is InChI=1S/C24H21F3N2O6/c1-32-19-10-6-15(12-21(19)34-3)23(31)28-13-18(30)17-9-11-20(33-2)22(29-17)14-4-7-16(8-5-14)35-24(25,26)27/h4-12H,13H2,1-3H3,(H,28,31). The number of nitrogens with one attached hydrogen (secondary N) is 1. The van der Waals surface area contributed by atoms with Crippen LogP contribution < -0.4 is 24.3 Å². The number of benzene rings is 2. The molecule has 2 aromatic carbocycles. The summed E-state index contributed by atoms with van der Waals surface area (Å²) in [4.78, 5) is 29.5. The van der Waals surface area contributed by atoms with Crippen LogP contribution in [-0.4, -0.2) is 50.9 Å². The Balaban J connectivity index is 1.75. The topological polar surface area (TPSA) is 96.0 Å². The molecule has 1 N–H and O–H groups in total. The van der Waals surface area contributed by atoms with E-state index >= 15 is 0 Å². The number of methoxy groups -OCH3 is 3. The summed E-state index contributed by atoms with van der Waals surface area (Å²) in [7, 11) is 4.30. The van der Waals surface area contributed by atoms with Crippen LogP contribution in [0.15, 0.2) is 54.6 Å².